The number of rotatable bonds is 6. The molecule has 3 atom stereocenters. The topological polar surface area (TPSA) is 82.2 Å². The van der Waals surface area contributed by atoms with Crippen LogP contribution in [-0.2, 0) is 19.1 Å². The Morgan fingerprint density at radius 2 is 1.86 bits per heavy atom. The maximum Gasteiger partial charge on any atom is 0.312 e. The second-order valence-electron chi connectivity index (χ2n) is 10.4. The second-order valence-corrected chi connectivity index (χ2v) is 10.4. The van der Waals surface area contributed by atoms with Crippen molar-refractivity contribution in [2.75, 3.05) is 44.2 Å². The van der Waals surface area contributed by atoms with Crippen LogP contribution in [0.1, 0.15) is 46.5 Å². The average Bonchev–Trinajstić information content (AvgIpc) is 3.12. The van der Waals surface area contributed by atoms with E-state index in [0.29, 0.717) is 38.4 Å². The number of benzene rings is 1. The van der Waals surface area contributed by atoms with Crippen LogP contribution in [0.4, 0.5) is 10.1 Å². The molecule has 0 aliphatic carbocycles. The zero-order valence-electron chi connectivity index (χ0n) is 21.0. The first-order chi connectivity index (χ1) is 16.7. The molecular formula is C26H37FN4O4. The fraction of sp³-hybridized carbons (Fsp3) is 0.654. The number of ether oxygens (including phenoxy) is 1. The maximum absolute atomic E-state index is 13.2. The lowest BCUT2D eigenvalue weighted by Gasteiger charge is -2.41. The van der Waals surface area contributed by atoms with Crippen LogP contribution in [0.5, 0.6) is 0 Å². The van der Waals surface area contributed by atoms with Gasteiger partial charge in [0.1, 0.15) is 18.0 Å². The van der Waals surface area contributed by atoms with E-state index in [1.54, 1.807) is 11.8 Å². The molecule has 1 N–H and O–H groups in total. The van der Waals surface area contributed by atoms with Gasteiger partial charge in [-0.1, -0.05) is 0 Å². The average molecular weight is 489 g/mol. The number of esters is 1. The van der Waals surface area contributed by atoms with Crippen LogP contribution in [-0.4, -0.2) is 85.0 Å². The lowest BCUT2D eigenvalue weighted by atomic mass is 9.75. The molecule has 8 nitrogen and oxygen atoms in total. The van der Waals surface area contributed by atoms with Crippen LogP contribution in [0.2, 0.25) is 0 Å². The van der Waals surface area contributed by atoms with Crippen molar-refractivity contribution in [3.05, 3.63) is 30.1 Å². The number of piperidine rings is 1. The molecule has 35 heavy (non-hydrogen) atoms. The Kier molecular flexibility index (Phi) is 7.64. The standard InChI is InChI=1S/C26H37FN4O4/c1-18-17-31(22-6-4-21(27)5-7-22)15-14-29(18)11-8-23-16-26(25(34)35-23)9-12-30(13-10-26)24(33)19(2)28-20(3)32/h4-7,18-19,23H,8-17H2,1-3H3,(H,28,32)/t18-,19+,23+/m1/s1. The van der Waals surface area contributed by atoms with Crippen molar-refractivity contribution < 1.29 is 23.5 Å². The van der Waals surface area contributed by atoms with Crippen LogP contribution in [0.25, 0.3) is 0 Å². The number of carbonyl (C=O) groups is 3. The summed E-state index contributed by atoms with van der Waals surface area (Å²) in [6.45, 7) is 9.84. The SMILES string of the molecule is CC(=O)N[C@@H](C)C(=O)N1CCC2(CC1)C[C@H](CCN1CCN(c3ccc(F)cc3)C[C@H]1C)OC2=O. The zero-order chi connectivity index (χ0) is 25.2. The van der Waals surface area contributed by atoms with E-state index in [-0.39, 0.29) is 29.7 Å². The van der Waals surface area contributed by atoms with Crippen molar-refractivity contribution in [2.24, 2.45) is 5.41 Å². The molecule has 3 fully saturated rings. The third-order valence-corrected chi connectivity index (χ3v) is 7.84. The Hall–Kier alpha value is -2.68. The molecule has 3 saturated heterocycles. The van der Waals surface area contributed by atoms with E-state index >= 15 is 0 Å². The van der Waals surface area contributed by atoms with Crippen LogP contribution in [0, 0.1) is 11.2 Å². The molecule has 0 unspecified atom stereocenters. The minimum Gasteiger partial charge on any atom is -0.462 e. The smallest absolute Gasteiger partial charge is 0.312 e. The fourth-order valence-corrected chi connectivity index (χ4v) is 5.73. The summed E-state index contributed by atoms with van der Waals surface area (Å²) in [5, 5.41) is 2.64. The van der Waals surface area contributed by atoms with Crippen LogP contribution < -0.4 is 10.2 Å². The highest BCUT2D eigenvalue weighted by Crippen LogP contribution is 2.44. The predicted octanol–water partition coefficient (Wildman–Crippen LogP) is 2.18. The number of likely N-dealkylation sites (tertiary alicyclic amines) is 1. The van der Waals surface area contributed by atoms with Gasteiger partial charge in [-0.25, -0.2) is 4.39 Å². The summed E-state index contributed by atoms with van der Waals surface area (Å²) < 4.78 is 19.0. The van der Waals surface area contributed by atoms with Crippen molar-refractivity contribution in [1.82, 2.24) is 15.1 Å². The number of piperazine rings is 1. The highest BCUT2D eigenvalue weighted by molar-refractivity contribution is 5.87. The number of cyclic esters (lactones) is 1. The van der Waals surface area contributed by atoms with Gasteiger partial charge in [-0.05, 0) is 57.4 Å². The number of amides is 2. The molecule has 192 valence electrons. The number of nitrogens with zero attached hydrogens (tertiary/aromatic N) is 3. The number of hydrogen-bond acceptors (Lipinski definition) is 6. The number of hydrogen-bond donors (Lipinski definition) is 1. The Labute approximate surface area is 206 Å². The minimum absolute atomic E-state index is 0.0922. The van der Waals surface area contributed by atoms with E-state index in [1.165, 1.54) is 19.1 Å². The van der Waals surface area contributed by atoms with Gasteiger partial charge in [0.2, 0.25) is 11.8 Å². The van der Waals surface area contributed by atoms with Crippen molar-refractivity contribution >= 4 is 23.5 Å². The first-order valence-corrected chi connectivity index (χ1v) is 12.7. The second kappa shape index (κ2) is 10.5. The first-order valence-electron chi connectivity index (χ1n) is 12.7. The molecule has 9 heteroatoms. The maximum atomic E-state index is 13.2. The summed E-state index contributed by atoms with van der Waals surface area (Å²) in [5.41, 5.74) is 0.548. The molecule has 1 aromatic carbocycles. The van der Waals surface area contributed by atoms with Crippen molar-refractivity contribution in [2.45, 2.75) is 64.6 Å². The molecule has 0 radical (unpaired) electrons. The molecule has 2 amide bonds. The molecule has 4 rings (SSSR count). The van der Waals surface area contributed by atoms with Gasteiger partial charge in [0.05, 0.1) is 5.41 Å². The van der Waals surface area contributed by atoms with E-state index in [1.807, 2.05) is 12.1 Å². The lowest BCUT2D eigenvalue weighted by Crippen LogP contribution is -2.52. The molecule has 0 saturated carbocycles. The van der Waals surface area contributed by atoms with E-state index in [9.17, 15) is 18.8 Å². The number of carbonyl (C=O) groups excluding carboxylic acids is 3. The Morgan fingerprint density at radius 1 is 1.17 bits per heavy atom. The minimum atomic E-state index is -0.560. The molecule has 3 aliphatic rings. The summed E-state index contributed by atoms with van der Waals surface area (Å²) in [7, 11) is 0. The van der Waals surface area contributed by atoms with Crippen molar-refractivity contribution in [3.63, 3.8) is 0 Å². The summed E-state index contributed by atoms with van der Waals surface area (Å²) in [5.74, 6) is -0.681. The van der Waals surface area contributed by atoms with E-state index in [4.69, 9.17) is 4.74 Å². The normalized spacial score (nSPS) is 25.4. The quantitative estimate of drug-likeness (QED) is 0.618. The number of nitrogens with one attached hydrogen (secondary N) is 1. The van der Waals surface area contributed by atoms with Crippen molar-refractivity contribution in [3.8, 4) is 0 Å². The molecular weight excluding hydrogens is 451 g/mol. The number of halogens is 1. The molecule has 3 aliphatic heterocycles. The van der Waals surface area contributed by atoms with Gasteiger partial charge in [0.15, 0.2) is 0 Å². The number of anilines is 1. The lowest BCUT2D eigenvalue weighted by molar-refractivity contribution is -0.153. The molecule has 0 aromatic heterocycles. The monoisotopic (exact) mass is 488 g/mol. The van der Waals surface area contributed by atoms with Gasteiger partial charge in [0.25, 0.3) is 0 Å². The third-order valence-electron chi connectivity index (χ3n) is 7.84. The van der Waals surface area contributed by atoms with Gasteiger partial charge in [-0.3, -0.25) is 19.3 Å². The largest absolute Gasteiger partial charge is 0.462 e. The van der Waals surface area contributed by atoms with Gasteiger partial charge in [-0.2, -0.15) is 0 Å². The molecule has 0 bridgehead atoms. The van der Waals surface area contributed by atoms with E-state index < -0.39 is 11.5 Å². The molecule has 3 heterocycles. The Bertz CT molecular complexity index is 932. The third kappa shape index (κ3) is 5.77. The highest BCUT2D eigenvalue weighted by Gasteiger charge is 2.51. The van der Waals surface area contributed by atoms with Gasteiger partial charge in [0, 0.05) is 64.3 Å². The Morgan fingerprint density at radius 3 is 2.49 bits per heavy atom. The van der Waals surface area contributed by atoms with Crippen LogP contribution in [0.3, 0.4) is 0 Å². The van der Waals surface area contributed by atoms with Gasteiger partial charge >= 0.3 is 5.97 Å². The van der Waals surface area contributed by atoms with E-state index in [0.717, 1.165) is 38.3 Å². The zero-order valence-corrected chi connectivity index (χ0v) is 21.0. The fourth-order valence-electron chi connectivity index (χ4n) is 5.73. The summed E-state index contributed by atoms with van der Waals surface area (Å²) in [4.78, 5) is 43.1. The highest BCUT2D eigenvalue weighted by atomic mass is 19.1. The predicted molar refractivity (Wildman–Crippen MR) is 130 cm³/mol. The first kappa shape index (κ1) is 25.4. The summed E-state index contributed by atoms with van der Waals surface area (Å²) in [6.07, 6.45) is 2.63. The Balaban J connectivity index is 1.24. The van der Waals surface area contributed by atoms with Crippen LogP contribution >= 0.6 is 0 Å². The van der Waals surface area contributed by atoms with Gasteiger partial charge in [-0.15, -0.1) is 0 Å². The van der Waals surface area contributed by atoms with Crippen LogP contribution in [0.15, 0.2) is 24.3 Å². The molecule has 1 spiro atoms. The molecule has 1 aromatic rings. The van der Waals surface area contributed by atoms with Gasteiger partial charge < -0.3 is 19.9 Å². The summed E-state index contributed by atoms with van der Waals surface area (Å²) in [6, 6.07) is 6.44. The summed E-state index contributed by atoms with van der Waals surface area (Å²) >= 11 is 0. The van der Waals surface area contributed by atoms with Crippen molar-refractivity contribution in [1.29, 1.82) is 0 Å². The van der Waals surface area contributed by atoms with E-state index in [2.05, 4.69) is 22.0 Å².